The summed E-state index contributed by atoms with van der Waals surface area (Å²) in [4.78, 5) is 30.3. The molecular formula is C23H17Cl2N3O2S. The van der Waals surface area contributed by atoms with Crippen molar-refractivity contribution in [2.75, 3.05) is 11.1 Å². The Hall–Kier alpha value is -2.80. The summed E-state index contributed by atoms with van der Waals surface area (Å²) in [6.45, 7) is 1.89. The molecule has 1 N–H and O–H groups in total. The minimum atomic E-state index is -0.227. The van der Waals surface area contributed by atoms with Gasteiger partial charge in [-0.15, -0.1) is 0 Å². The second kappa shape index (κ2) is 9.14. The molecule has 0 radical (unpaired) electrons. The minimum Gasteiger partial charge on any atom is -0.325 e. The van der Waals surface area contributed by atoms with Gasteiger partial charge in [0.2, 0.25) is 5.91 Å². The number of carbonyl (C=O) groups excluding carboxylic acids is 1. The lowest BCUT2D eigenvalue weighted by molar-refractivity contribution is -0.113. The Labute approximate surface area is 193 Å². The number of halogens is 2. The molecule has 31 heavy (non-hydrogen) atoms. The largest absolute Gasteiger partial charge is 0.325 e. The third-order valence-electron chi connectivity index (χ3n) is 4.62. The molecule has 0 aliphatic rings. The molecule has 0 aliphatic carbocycles. The van der Waals surface area contributed by atoms with Gasteiger partial charge in [-0.25, -0.2) is 4.98 Å². The summed E-state index contributed by atoms with van der Waals surface area (Å²) in [5, 5.41) is 4.89. The lowest BCUT2D eigenvalue weighted by atomic mass is 10.2. The second-order valence-electron chi connectivity index (χ2n) is 6.83. The summed E-state index contributed by atoms with van der Waals surface area (Å²) >= 11 is 13.3. The van der Waals surface area contributed by atoms with E-state index in [0.29, 0.717) is 37.5 Å². The molecule has 0 aliphatic heterocycles. The van der Waals surface area contributed by atoms with Crippen LogP contribution in [0.5, 0.6) is 0 Å². The van der Waals surface area contributed by atoms with Crippen molar-refractivity contribution in [2.24, 2.45) is 0 Å². The molecule has 0 saturated carbocycles. The van der Waals surface area contributed by atoms with Crippen molar-refractivity contribution in [3.8, 4) is 5.69 Å². The number of fused-ring (bicyclic) bond motifs is 1. The van der Waals surface area contributed by atoms with Gasteiger partial charge in [-0.3, -0.25) is 14.2 Å². The molecule has 1 heterocycles. The van der Waals surface area contributed by atoms with Gasteiger partial charge in [-0.2, -0.15) is 0 Å². The molecule has 0 spiro atoms. The summed E-state index contributed by atoms with van der Waals surface area (Å²) in [5.74, 6) is -0.154. The summed E-state index contributed by atoms with van der Waals surface area (Å²) in [7, 11) is 0. The number of nitrogens with one attached hydrogen (secondary N) is 1. The van der Waals surface area contributed by atoms with Crippen LogP contribution in [0.2, 0.25) is 10.0 Å². The highest BCUT2D eigenvalue weighted by molar-refractivity contribution is 7.99. The number of aryl methyl sites for hydroxylation is 1. The van der Waals surface area contributed by atoms with Crippen LogP contribution < -0.4 is 10.9 Å². The average Bonchev–Trinajstić information content (AvgIpc) is 2.76. The van der Waals surface area contributed by atoms with E-state index in [1.54, 1.807) is 54.6 Å². The zero-order valence-corrected chi connectivity index (χ0v) is 18.8. The Bertz CT molecular complexity index is 1340. The number of para-hydroxylation sites is 1. The molecule has 0 unspecified atom stereocenters. The first-order chi connectivity index (χ1) is 14.9. The van der Waals surface area contributed by atoms with E-state index in [4.69, 9.17) is 23.2 Å². The van der Waals surface area contributed by atoms with Crippen LogP contribution in [0.1, 0.15) is 5.56 Å². The molecule has 156 valence electrons. The Morgan fingerprint density at radius 1 is 1.06 bits per heavy atom. The van der Waals surface area contributed by atoms with E-state index >= 15 is 0 Å². The van der Waals surface area contributed by atoms with Crippen LogP contribution >= 0.6 is 35.0 Å². The number of anilines is 1. The molecule has 0 atom stereocenters. The fraction of sp³-hybridized carbons (Fsp3) is 0.0870. The Balaban J connectivity index is 1.65. The molecule has 0 fully saturated rings. The minimum absolute atomic E-state index is 0.0733. The maximum atomic E-state index is 13.2. The van der Waals surface area contributed by atoms with Gasteiger partial charge in [-0.1, -0.05) is 53.2 Å². The number of hydrogen-bond acceptors (Lipinski definition) is 4. The summed E-state index contributed by atoms with van der Waals surface area (Å²) in [6.07, 6.45) is 0. The highest BCUT2D eigenvalue weighted by Crippen LogP contribution is 2.24. The lowest BCUT2D eigenvalue weighted by Gasteiger charge is -2.13. The van der Waals surface area contributed by atoms with Gasteiger partial charge < -0.3 is 5.32 Å². The number of hydrogen-bond donors (Lipinski definition) is 1. The Morgan fingerprint density at radius 2 is 1.81 bits per heavy atom. The van der Waals surface area contributed by atoms with Crippen molar-refractivity contribution in [1.82, 2.24) is 9.55 Å². The molecule has 0 saturated heterocycles. The van der Waals surface area contributed by atoms with E-state index in [1.807, 2.05) is 19.1 Å². The molecule has 1 amide bonds. The zero-order chi connectivity index (χ0) is 22.0. The van der Waals surface area contributed by atoms with E-state index in [9.17, 15) is 9.59 Å². The van der Waals surface area contributed by atoms with Crippen molar-refractivity contribution < 1.29 is 4.79 Å². The van der Waals surface area contributed by atoms with Crippen LogP contribution in [0.3, 0.4) is 0 Å². The topological polar surface area (TPSA) is 64.0 Å². The molecule has 8 heteroatoms. The Kier molecular flexibility index (Phi) is 6.32. The molecule has 3 aromatic carbocycles. The van der Waals surface area contributed by atoms with Crippen molar-refractivity contribution in [3.05, 3.63) is 92.7 Å². The first-order valence-electron chi connectivity index (χ1n) is 9.39. The number of nitrogens with zero attached hydrogens (tertiary/aromatic N) is 2. The number of amides is 1. The fourth-order valence-electron chi connectivity index (χ4n) is 3.02. The van der Waals surface area contributed by atoms with E-state index in [2.05, 4.69) is 10.3 Å². The Morgan fingerprint density at radius 3 is 2.55 bits per heavy atom. The average molecular weight is 470 g/mol. The standard InChI is InChI=1S/C23H17Cl2N3O2S/c1-14-6-9-16(12-19(14)25)26-21(29)13-31-23-27-20-5-3-2-4-18(20)22(30)28(23)17-10-7-15(24)8-11-17/h2-12H,13H2,1H3,(H,26,29). The highest BCUT2D eigenvalue weighted by Gasteiger charge is 2.15. The van der Waals surface area contributed by atoms with Crippen molar-refractivity contribution >= 4 is 57.5 Å². The summed E-state index contributed by atoms with van der Waals surface area (Å²) in [6, 6.07) is 19.4. The van der Waals surface area contributed by atoms with Gasteiger partial charge in [-0.05, 0) is 61.0 Å². The van der Waals surface area contributed by atoms with Gasteiger partial charge in [0.25, 0.3) is 5.56 Å². The molecule has 0 bridgehead atoms. The molecule has 1 aromatic heterocycles. The van der Waals surface area contributed by atoms with Crippen LogP contribution in [-0.2, 0) is 4.79 Å². The van der Waals surface area contributed by atoms with E-state index in [-0.39, 0.29) is 17.2 Å². The normalized spacial score (nSPS) is 10.9. The van der Waals surface area contributed by atoms with Gasteiger partial charge in [0.1, 0.15) is 0 Å². The van der Waals surface area contributed by atoms with Crippen LogP contribution in [-0.4, -0.2) is 21.2 Å². The summed E-state index contributed by atoms with van der Waals surface area (Å²) in [5.41, 5.74) is 2.54. The predicted molar refractivity (Wildman–Crippen MR) is 128 cm³/mol. The molecule has 4 rings (SSSR count). The van der Waals surface area contributed by atoms with Crippen molar-refractivity contribution in [1.29, 1.82) is 0 Å². The van der Waals surface area contributed by atoms with Gasteiger partial charge >= 0.3 is 0 Å². The van der Waals surface area contributed by atoms with Crippen molar-refractivity contribution in [2.45, 2.75) is 12.1 Å². The smallest absolute Gasteiger partial charge is 0.266 e. The van der Waals surface area contributed by atoms with Gasteiger partial charge in [0, 0.05) is 15.7 Å². The van der Waals surface area contributed by atoms with E-state index in [1.165, 1.54) is 16.3 Å². The maximum Gasteiger partial charge on any atom is 0.266 e. The number of carbonyl (C=O) groups is 1. The lowest BCUT2D eigenvalue weighted by Crippen LogP contribution is -2.23. The monoisotopic (exact) mass is 469 g/mol. The number of aromatic nitrogens is 2. The van der Waals surface area contributed by atoms with Gasteiger partial charge in [0.05, 0.1) is 22.3 Å². The molecule has 5 nitrogen and oxygen atoms in total. The fourth-order valence-corrected chi connectivity index (χ4v) is 4.14. The quantitative estimate of drug-likeness (QED) is 0.299. The first kappa shape index (κ1) is 21.4. The van der Waals surface area contributed by atoms with Crippen LogP contribution in [0.25, 0.3) is 16.6 Å². The van der Waals surface area contributed by atoms with Crippen LogP contribution in [0.15, 0.2) is 76.7 Å². The molecule has 4 aromatic rings. The predicted octanol–water partition coefficient (Wildman–Crippen LogP) is 5.73. The van der Waals surface area contributed by atoms with E-state index in [0.717, 1.165) is 5.56 Å². The second-order valence-corrected chi connectivity index (χ2v) is 8.62. The van der Waals surface area contributed by atoms with E-state index < -0.39 is 0 Å². The van der Waals surface area contributed by atoms with Crippen LogP contribution in [0, 0.1) is 6.92 Å². The number of rotatable bonds is 5. The van der Waals surface area contributed by atoms with Gasteiger partial charge in [0.15, 0.2) is 5.16 Å². The number of thioether (sulfide) groups is 1. The summed E-state index contributed by atoms with van der Waals surface area (Å²) < 4.78 is 1.50. The highest BCUT2D eigenvalue weighted by atomic mass is 35.5. The third-order valence-corrected chi connectivity index (χ3v) is 6.22. The first-order valence-corrected chi connectivity index (χ1v) is 11.1. The maximum absolute atomic E-state index is 13.2. The van der Waals surface area contributed by atoms with Crippen molar-refractivity contribution in [3.63, 3.8) is 0 Å². The van der Waals surface area contributed by atoms with Crippen LogP contribution in [0.4, 0.5) is 5.69 Å². The molecular weight excluding hydrogens is 453 g/mol. The number of benzene rings is 3. The zero-order valence-electron chi connectivity index (χ0n) is 16.4. The third kappa shape index (κ3) is 4.77. The SMILES string of the molecule is Cc1ccc(NC(=O)CSc2nc3ccccc3c(=O)n2-c2ccc(Cl)cc2)cc1Cl.